The summed E-state index contributed by atoms with van der Waals surface area (Å²) in [5.41, 5.74) is 0.848. The Hall–Kier alpha value is -1.01. The van der Waals surface area contributed by atoms with Gasteiger partial charge in [0, 0.05) is 19.6 Å². The van der Waals surface area contributed by atoms with Gasteiger partial charge in [-0.1, -0.05) is 17.8 Å². The molecular formula is C11H18N4OS. The van der Waals surface area contributed by atoms with Crippen LogP contribution in [0.15, 0.2) is 0 Å². The highest BCUT2D eigenvalue weighted by atomic mass is 32.1. The molecule has 0 aliphatic carbocycles. The molecule has 1 aliphatic heterocycles. The van der Waals surface area contributed by atoms with Crippen molar-refractivity contribution in [1.82, 2.24) is 19.8 Å². The molecule has 0 bridgehead atoms. The molecule has 2 rings (SSSR count). The van der Waals surface area contributed by atoms with Crippen molar-refractivity contribution >= 4 is 17.4 Å². The summed E-state index contributed by atoms with van der Waals surface area (Å²) in [5, 5.41) is 7.31. The lowest BCUT2D eigenvalue weighted by atomic mass is 10.2. The maximum absolute atomic E-state index is 12.3. The Balaban J connectivity index is 2.09. The summed E-state index contributed by atoms with van der Waals surface area (Å²) in [6.45, 7) is 3.96. The Labute approximate surface area is 105 Å². The van der Waals surface area contributed by atoms with Crippen LogP contribution in [0.5, 0.6) is 0 Å². The van der Waals surface area contributed by atoms with Crippen molar-refractivity contribution in [2.75, 3.05) is 20.1 Å². The van der Waals surface area contributed by atoms with E-state index in [1.165, 1.54) is 11.5 Å². The number of nitrogens with one attached hydrogen (secondary N) is 1. The van der Waals surface area contributed by atoms with Crippen molar-refractivity contribution in [2.45, 2.75) is 32.2 Å². The van der Waals surface area contributed by atoms with E-state index in [1.807, 2.05) is 11.9 Å². The molecule has 1 aliphatic rings. The van der Waals surface area contributed by atoms with Crippen LogP contribution in [-0.2, 0) is 6.42 Å². The number of hydrogen-bond acceptors (Lipinski definition) is 5. The van der Waals surface area contributed by atoms with Crippen LogP contribution in [0.4, 0.5) is 0 Å². The minimum Gasteiger partial charge on any atom is -0.337 e. The zero-order valence-electron chi connectivity index (χ0n) is 10.3. The second-order valence-electron chi connectivity index (χ2n) is 4.36. The van der Waals surface area contributed by atoms with Gasteiger partial charge < -0.3 is 10.2 Å². The van der Waals surface area contributed by atoms with Crippen LogP contribution in [-0.4, -0.2) is 46.6 Å². The standard InChI is InChI=1S/C11H18N4OS/c1-3-4-9-10(17-14-13-9)11(16)15(2)8-5-6-12-7-8/h8,12H,3-7H2,1-2H3. The predicted octanol–water partition coefficient (Wildman–Crippen LogP) is 0.924. The molecule has 17 heavy (non-hydrogen) atoms. The summed E-state index contributed by atoms with van der Waals surface area (Å²) >= 11 is 1.21. The van der Waals surface area contributed by atoms with E-state index in [1.54, 1.807) is 0 Å². The number of rotatable bonds is 4. The third kappa shape index (κ3) is 2.63. The van der Waals surface area contributed by atoms with Gasteiger partial charge in [0.15, 0.2) is 0 Å². The van der Waals surface area contributed by atoms with Gasteiger partial charge in [0.25, 0.3) is 5.91 Å². The van der Waals surface area contributed by atoms with E-state index < -0.39 is 0 Å². The first-order valence-corrected chi connectivity index (χ1v) is 6.80. The number of carbonyl (C=O) groups excluding carboxylic acids is 1. The highest BCUT2D eigenvalue weighted by molar-refractivity contribution is 7.08. The van der Waals surface area contributed by atoms with Gasteiger partial charge in [0.1, 0.15) is 4.88 Å². The van der Waals surface area contributed by atoms with Gasteiger partial charge in [-0.15, -0.1) is 5.10 Å². The first kappa shape index (κ1) is 12.4. The van der Waals surface area contributed by atoms with Crippen molar-refractivity contribution in [2.24, 2.45) is 0 Å². The normalized spacial score (nSPS) is 19.5. The molecule has 1 fully saturated rings. The van der Waals surface area contributed by atoms with Crippen LogP contribution in [0.25, 0.3) is 0 Å². The van der Waals surface area contributed by atoms with Crippen LogP contribution in [0.1, 0.15) is 35.1 Å². The molecule has 5 nitrogen and oxygen atoms in total. The molecule has 1 amide bonds. The molecule has 1 aromatic heterocycles. The van der Waals surface area contributed by atoms with E-state index in [0.717, 1.165) is 38.0 Å². The van der Waals surface area contributed by atoms with Gasteiger partial charge >= 0.3 is 0 Å². The number of amides is 1. The minimum atomic E-state index is 0.0668. The van der Waals surface area contributed by atoms with E-state index in [2.05, 4.69) is 21.8 Å². The Bertz CT molecular complexity index is 387. The van der Waals surface area contributed by atoms with Crippen LogP contribution in [0.3, 0.4) is 0 Å². The summed E-state index contributed by atoms with van der Waals surface area (Å²) in [6, 6.07) is 0.305. The Kier molecular flexibility index (Phi) is 4.06. The minimum absolute atomic E-state index is 0.0668. The van der Waals surface area contributed by atoms with E-state index in [-0.39, 0.29) is 5.91 Å². The van der Waals surface area contributed by atoms with Crippen LogP contribution >= 0.6 is 11.5 Å². The van der Waals surface area contributed by atoms with Crippen LogP contribution in [0, 0.1) is 0 Å². The smallest absolute Gasteiger partial charge is 0.267 e. The first-order valence-electron chi connectivity index (χ1n) is 6.03. The molecule has 0 radical (unpaired) electrons. The van der Waals surface area contributed by atoms with Crippen molar-refractivity contribution in [1.29, 1.82) is 0 Å². The summed E-state index contributed by atoms with van der Waals surface area (Å²) in [5.74, 6) is 0.0668. The molecule has 6 heteroatoms. The van der Waals surface area contributed by atoms with Gasteiger partial charge in [-0.3, -0.25) is 4.79 Å². The molecule has 1 atom stereocenters. The average molecular weight is 254 g/mol. The topological polar surface area (TPSA) is 58.1 Å². The summed E-state index contributed by atoms with van der Waals surface area (Å²) in [7, 11) is 1.87. The van der Waals surface area contributed by atoms with Crippen molar-refractivity contribution < 1.29 is 4.79 Å². The predicted molar refractivity (Wildman–Crippen MR) is 67.3 cm³/mol. The van der Waals surface area contributed by atoms with Gasteiger partial charge in [0.2, 0.25) is 0 Å². The van der Waals surface area contributed by atoms with E-state index in [4.69, 9.17) is 0 Å². The highest BCUT2D eigenvalue weighted by Crippen LogP contribution is 2.17. The fraction of sp³-hybridized carbons (Fsp3) is 0.727. The van der Waals surface area contributed by atoms with E-state index in [9.17, 15) is 4.79 Å². The molecule has 1 saturated heterocycles. The van der Waals surface area contributed by atoms with Gasteiger partial charge in [-0.2, -0.15) is 0 Å². The van der Waals surface area contributed by atoms with E-state index >= 15 is 0 Å². The second-order valence-corrected chi connectivity index (χ2v) is 5.12. The van der Waals surface area contributed by atoms with Gasteiger partial charge in [-0.05, 0) is 30.9 Å². The highest BCUT2D eigenvalue weighted by Gasteiger charge is 2.26. The lowest BCUT2D eigenvalue weighted by Crippen LogP contribution is -2.38. The van der Waals surface area contributed by atoms with Crippen LogP contribution in [0.2, 0.25) is 0 Å². The Morgan fingerprint density at radius 3 is 3.12 bits per heavy atom. The first-order chi connectivity index (χ1) is 8.24. The lowest BCUT2D eigenvalue weighted by molar-refractivity contribution is 0.0747. The molecule has 0 spiro atoms. The fourth-order valence-electron chi connectivity index (χ4n) is 2.07. The van der Waals surface area contributed by atoms with Gasteiger partial charge in [-0.25, -0.2) is 0 Å². The molecule has 0 aromatic carbocycles. The third-order valence-electron chi connectivity index (χ3n) is 3.14. The fourth-order valence-corrected chi connectivity index (χ4v) is 2.76. The Morgan fingerprint density at radius 2 is 2.47 bits per heavy atom. The van der Waals surface area contributed by atoms with Crippen molar-refractivity contribution in [3.63, 3.8) is 0 Å². The van der Waals surface area contributed by atoms with E-state index in [0.29, 0.717) is 10.9 Å². The SMILES string of the molecule is CCCc1nnsc1C(=O)N(C)C1CCNC1. The third-order valence-corrected chi connectivity index (χ3v) is 3.90. The number of aromatic nitrogens is 2. The monoisotopic (exact) mass is 254 g/mol. The largest absolute Gasteiger partial charge is 0.337 e. The molecule has 1 N–H and O–H groups in total. The number of aryl methyl sites for hydroxylation is 1. The summed E-state index contributed by atoms with van der Waals surface area (Å²) in [6.07, 6.45) is 2.84. The molecule has 2 heterocycles. The molecule has 0 saturated carbocycles. The number of carbonyl (C=O) groups is 1. The average Bonchev–Trinajstić information content (AvgIpc) is 2.98. The molecule has 1 aromatic rings. The number of hydrogen-bond donors (Lipinski definition) is 1. The number of likely N-dealkylation sites (N-methyl/N-ethyl adjacent to an activating group) is 1. The molecule has 1 unspecified atom stereocenters. The quantitative estimate of drug-likeness (QED) is 0.868. The van der Waals surface area contributed by atoms with Crippen molar-refractivity contribution in [3.05, 3.63) is 10.6 Å². The Morgan fingerprint density at radius 1 is 1.65 bits per heavy atom. The number of nitrogens with zero attached hydrogens (tertiary/aromatic N) is 3. The zero-order valence-corrected chi connectivity index (χ0v) is 11.1. The maximum Gasteiger partial charge on any atom is 0.267 e. The summed E-state index contributed by atoms with van der Waals surface area (Å²) in [4.78, 5) is 14.9. The summed E-state index contributed by atoms with van der Waals surface area (Å²) < 4.78 is 3.90. The molecular weight excluding hydrogens is 236 g/mol. The molecule has 94 valence electrons. The maximum atomic E-state index is 12.3. The van der Waals surface area contributed by atoms with Crippen LogP contribution < -0.4 is 5.32 Å². The zero-order chi connectivity index (χ0) is 12.3. The lowest BCUT2D eigenvalue weighted by Gasteiger charge is -2.23. The van der Waals surface area contributed by atoms with Crippen molar-refractivity contribution in [3.8, 4) is 0 Å². The van der Waals surface area contributed by atoms with Gasteiger partial charge in [0.05, 0.1) is 5.69 Å². The second kappa shape index (κ2) is 5.55.